The molecule has 4 rings (SSSR count). The number of benzene rings is 2. The van der Waals surface area contributed by atoms with Crippen LogP contribution in [0, 0.1) is 6.92 Å². The Morgan fingerprint density at radius 2 is 1.81 bits per heavy atom. The van der Waals surface area contributed by atoms with E-state index in [9.17, 15) is 9.59 Å². The molecule has 0 fully saturated rings. The van der Waals surface area contributed by atoms with Gasteiger partial charge in [0.15, 0.2) is 0 Å². The van der Waals surface area contributed by atoms with E-state index in [1.165, 1.54) is 12.3 Å². The average molecular weight is 426 g/mol. The predicted octanol–water partition coefficient (Wildman–Crippen LogP) is 3.86. The van der Waals surface area contributed by atoms with Gasteiger partial charge in [0.05, 0.1) is 6.26 Å². The Bertz CT molecular complexity index is 1220. The maximum atomic E-state index is 12.9. The van der Waals surface area contributed by atoms with E-state index in [2.05, 4.69) is 15.6 Å². The molecule has 2 aromatic heterocycles. The lowest BCUT2D eigenvalue weighted by Gasteiger charge is -2.11. The molecule has 160 valence electrons. The second-order valence-electron chi connectivity index (χ2n) is 7.09. The first kappa shape index (κ1) is 20.9. The van der Waals surface area contributed by atoms with E-state index in [0.717, 1.165) is 17.1 Å². The van der Waals surface area contributed by atoms with Crippen LogP contribution in [0.3, 0.4) is 0 Å². The Kier molecular flexibility index (Phi) is 6.27. The third-order valence-electron chi connectivity index (χ3n) is 4.85. The van der Waals surface area contributed by atoms with Gasteiger partial charge in [-0.05, 0) is 48.9 Å². The summed E-state index contributed by atoms with van der Waals surface area (Å²) in [4.78, 5) is 29.7. The van der Waals surface area contributed by atoms with Gasteiger partial charge in [-0.15, -0.1) is 0 Å². The zero-order valence-electron chi connectivity index (χ0n) is 17.5. The number of aryl methyl sites for hydroxylation is 1. The van der Waals surface area contributed by atoms with Gasteiger partial charge in [0, 0.05) is 36.3 Å². The molecule has 0 bridgehead atoms. The van der Waals surface area contributed by atoms with E-state index in [0.29, 0.717) is 17.9 Å². The zero-order valence-corrected chi connectivity index (χ0v) is 17.5. The minimum absolute atomic E-state index is 0.0967. The maximum absolute atomic E-state index is 12.9. The summed E-state index contributed by atoms with van der Waals surface area (Å²) < 4.78 is 7.29. The van der Waals surface area contributed by atoms with Gasteiger partial charge in [0.25, 0.3) is 11.8 Å². The molecule has 2 heterocycles. The first-order valence-corrected chi connectivity index (χ1v) is 10.1. The van der Waals surface area contributed by atoms with Crippen LogP contribution < -0.4 is 10.6 Å². The van der Waals surface area contributed by atoms with Gasteiger partial charge >= 0.3 is 0 Å². The topological polar surface area (TPSA) is 89.2 Å². The molecule has 32 heavy (non-hydrogen) atoms. The molecule has 0 atom stereocenters. The van der Waals surface area contributed by atoms with E-state index < -0.39 is 5.91 Å². The van der Waals surface area contributed by atoms with Gasteiger partial charge in [-0.3, -0.25) is 9.59 Å². The van der Waals surface area contributed by atoms with Crippen LogP contribution in [0.1, 0.15) is 27.5 Å². The zero-order chi connectivity index (χ0) is 22.3. The number of imidazole rings is 1. The second kappa shape index (κ2) is 9.61. The second-order valence-corrected chi connectivity index (χ2v) is 7.09. The summed E-state index contributed by atoms with van der Waals surface area (Å²) in [6, 6.07) is 19.9. The molecule has 0 aliphatic rings. The smallest absolute Gasteiger partial charge is 0.268 e. The molecule has 2 aromatic carbocycles. The van der Waals surface area contributed by atoms with Crippen molar-refractivity contribution in [2.45, 2.75) is 13.5 Å². The van der Waals surface area contributed by atoms with Crippen molar-refractivity contribution in [2.75, 3.05) is 0 Å². The van der Waals surface area contributed by atoms with Crippen molar-refractivity contribution in [3.05, 3.63) is 114 Å². The molecule has 0 aliphatic heterocycles. The number of rotatable bonds is 7. The summed E-state index contributed by atoms with van der Waals surface area (Å²) >= 11 is 0. The van der Waals surface area contributed by atoms with Crippen molar-refractivity contribution in [3.8, 4) is 5.69 Å². The van der Waals surface area contributed by atoms with Crippen molar-refractivity contribution in [2.24, 2.45) is 0 Å². The van der Waals surface area contributed by atoms with Gasteiger partial charge in [-0.25, -0.2) is 4.98 Å². The molecule has 0 spiro atoms. The first-order chi connectivity index (χ1) is 15.6. The van der Waals surface area contributed by atoms with Gasteiger partial charge in [-0.2, -0.15) is 0 Å². The highest BCUT2D eigenvalue weighted by molar-refractivity contribution is 6.05. The Hall–Kier alpha value is -4.39. The van der Waals surface area contributed by atoms with Crippen molar-refractivity contribution in [1.29, 1.82) is 0 Å². The number of carbonyl (C=O) groups is 2. The fourth-order valence-electron chi connectivity index (χ4n) is 3.16. The fourth-order valence-corrected chi connectivity index (χ4v) is 3.16. The van der Waals surface area contributed by atoms with Gasteiger partial charge in [0.2, 0.25) is 0 Å². The number of nitrogens with one attached hydrogen (secondary N) is 2. The normalized spacial score (nSPS) is 11.2. The number of hydrogen-bond acceptors (Lipinski definition) is 4. The molecule has 0 unspecified atom stereocenters. The summed E-state index contributed by atoms with van der Waals surface area (Å²) in [6.45, 7) is 2.24. The maximum Gasteiger partial charge on any atom is 0.268 e. The summed E-state index contributed by atoms with van der Waals surface area (Å²) in [5.41, 5.74) is 2.46. The molecule has 0 saturated heterocycles. The predicted molar refractivity (Wildman–Crippen MR) is 121 cm³/mol. The largest absolute Gasteiger partial charge is 0.465 e. The van der Waals surface area contributed by atoms with Crippen LogP contribution in [-0.2, 0) is 11.3 Å². The Morgan fingerprint density at radius 3 is 2.47 bits per heavy atom. The van der Waals surface area contributed by atoms with Crippen molar-refractivity contribution < 1.29 is 14.0 Å². The van der Waals surface area contributed by atoms with Gasteiger partial charge in [0.1, 0.15) is 17.3 Å². The Balaban J connectivity index is 1.45. The molecule has 0 radical (unpaired) electrons. The third-order valence-corrected chi connectivity index (χ3v) is 4.85. The number of carbonyl (C=O) groups excluding carboxylic acids is 2. The van der Waals surface area contributed by atoms with E-state index in [1.54, 1.807) is 42.6 Å². The standard InChI is InChI=1S/C25H22N4O3/c1-18-26-13-14-29(18)21-11-9-19(10-12-21)17-27-25(31)23(16-22-8-5-15-32-22)28-24(30)20-6-3-2-4-7-20/h2-16H,17H2,1H3,(H,27,31)(H,28,30)/b23-16-. The van der Waals surface area contributed by atoms with Crippen LogP contribution in [0.15, 0.2) is 95.5 Å². The molecule has 0 aliphatic carbocycles. The molecule has 2 N–H and O–H groups in total. The highest BCUT2D eigenvalue weighted by Gasteiger charge is 2.15. The highest BCUT2D eigenvalue weighted by atomic mass is 16.3. The minimum atomic E-state index is -0.416. The lowest BCUT2D eigenvalue weighted by Crippen LogP contribution is -2.34. The third kappa shape index (κ3) is 5.02. The van der Waals surface area contributed by atoms with Crippen LogP contribution >= 0.6 is 0 Å². The lowest BCUT2D eigenvalue weighted by molar-refractivity contribution is -0.117. The summed E-state index contributed by atoms with van der Waals surface area (Å²) in [5, 5.41) is 5.53. The highest BCUT2D eigenvalue weighted by Crippen LogP contribution is 2.12. The van der Waals surface area contributed by atoms with Crippen molar-refractivity contribution >= 4 is 17.9 Å². The van der Waals surface area contributed by atoms with Crippen LogP contribution in [0.4, 0.5) is 0 Å². The minimum Gasteiger partial charge on any atom is -0.465 e. The number of nitrogens with zero attached hydrogens (tertiary/aromatic N) is 2. The van der Waals surface area contributed by atoms with Crippen LogP contribution in [0.5, 0.6) is 0 Å². The number of aromatic nitrogens is 2. The lowest BCUT2D eigenvalue weighted by atomic mass is 10.2. The monoisotopic (exact) mass is 426 g/mol. The SMILES string of the molecule is Cc1nccn1-c1ccc(CNC(=O)/C(=C/c2ccco2)NC(=O)c2ccccc2)cc1. The molecule has 2 amide bonds. The summed E-state index contributed by atoms with van der Waals surface area (Å²) in [6.07, 6.45) is 6.65. The average Bonchev–Trinajstić information content (AvgIpc) is 3.49. The summed E-state index contributed by atoms with van der Waals surface area (Å²) in [7, 11) is 0. The number of furan rings is 1. The quantitative estimate of drug-likeness (QED) is 0.439. The van der Waals surface area contributed by atoms with Crippen LogP contribution in [-0.4, -0.2) is 21.4 Å². The number of amides is 2. The van der Waals surface area contributed by atoms with Gasteiger partial charge in [-0.1, -0.05) is 30.3 Å². The number of hydrogen-bond donors (Lipinski definition) is 2. The van der Waals surface area contributed by atoms with E-state index >= 15 is 0 Å². The van der Waals surface area contributed by atoms with Gasteiger partial charge < -0.3 is 19.6 Å². The Morgan fingerprint density at radius 1 is 1.03 bits per heavy atom. The molecule has 4 aromatic rings. The van der Waals surface area contributed by atoms with E-state index in [-0.39, 0.29) is 11.6 Å². The molecule has 7 heteroatoms. The molecular weight excluding hydrogens is 404 g/mol. The van der Waals surface area contributed by atoms with E-state index in [4.69, 9.17) is 4.42 Å². The van der Waals surface area contributed by atoms with Crippen LogP contribution in [0.25, 0.3) is 11.8 Å². The fraction of sp³-hybridized carbons (Fsp3) is 0.0800. The van der Waals surface area contributed by atoms with Crippen LogP contribution in [0.2, 0.25) is 0 Å². The first-order valence-electron chi connectivity index (χ1n) is 10.1. The summed E-state index contributed by atoms with van der Waals surface area (Å²) in [5.74, 6) is 0.565. The van der Waals surface area contributed by atoms with Crippen molar-refractivity contribution in [3.63, 3.8) is 0 Å². The van der Waals surface area contributed by atoms with Crippen molar-refractivity contribution in [1.82, 2.24) is 20.2 Å². The molecule has 7 nitrogen and oxygen atoms in total. The molecular formula is C25H22N4O3. The molecule has 0 saturated carbocycles. The van der Waals surface area contributed by atoms with E-state index in [1.807, 2.05) is 48.0 Å². The Labute approximate surface area is 185 Å².